The van der Waals surface area contributed by atoms with Gasteiger partial charge in [0.05, 0.1) is 5.69 Å². The van der Waals surface area contributed by atoms with Gasteiger partial charge in [0.15, 0.2) is 0 Å². The first-order valence-corrected chi connectivity index (χ1v) is 11.0. The lowest BCUT2D eigenvalue weighted by Crippen LogP contribution is -2.46. The van der Waals surface area contributed by atoms with Gasteiger partial charge in [0.25, 0.3) is 0 Å². The molecule has 4 heterocycles. The van der Waals surface area contributed by atoms with Crippen LogP contribution in [0.3, 0.4) is 0 Å². The van der Waals surface area contributed by atoms with Crippen LogP contribution in [0, 0.1) is 0 Å². The van der Waals surface area contributed by atoms with Crippen LogP contribution >= 0.6 is 0 Å². The summed E-state index contributed by atoms with van der Waals surface area (Å²) in [5, 5.41) is 9.91. The zero-order valence-corrected chi connectivity index (χ0v) is 18.1. The van der Waals surface area contributed by atoms with Gasteiger partial charge in [-0.25, -0.2) is 4.98 Å². The Morgan fingerprint density at radius 3 is 2.84 bits per heavy atom. The highest BCUT2D eigenvalue weighted by atomic mass is 16.5. The fourth-order valence-corrected chi connectivity index (χ4v) is 4.42. The van der Waals surface area contributed by atoms with E-state index in [1.807, 2.05) is 30.3 Å². The van der Waals surface area contributed by atoms with Crippen molar-refractivity contribution in [1.29, 1.82) is 0 Å². The maximum Gasteiger partial charge on any atom is 0.219 e. The van der Waals surface area contributed by atoms with Crippen molar-refractivity contribution in [2.75, 3.05) is 19.6 Å². The molecule has 2 N–H and O–H groups in total. The normalized spacial score (nSPS) is 18.7. The Morgan fingerprint density at radius 1 is 1.25 bits per heavy atom. The summed E-state index contributed by atoms with van der Waals surface area (Å²) < 4.78 is 12.2. The van der Waals surface area contributed by atoms with E-state index in [1.54, 1.807) is 19.3 Å². The van der Waals surface area contributed by atoms with E-state index in [0.29, 0.717) is 17.7 Å². The number of carbonyl (C=O) groups is 1. The standard InChI is InChI=1S/C24H27N5O3/c1-16(30)27-19-7-10-29(11-8-19)15-21-12-17-2-4-20(13-23(17)31-21)32-24-5-3-18(14-25-24)22-6-9-26-28-22/h2-6,9,13-14,19,21H,7-8,10-12,15H2,1H3,(H,26,28)(H,27,30). The first-order chi connectivity index (χ1) is 15.6. The Kier molecular flexibility index (Phi) is 5.77. The number of H-pyrrole nitrogens is 1. The first-order valence-electron chi connectivity index (χ1n) is 11.0. The summed E-state index contributed by atoms with van der Waals surface area (Å²) in [4.78, 5) is 18.1. The molecule has 8 nitrogen and oxygen atoms in total. The predicted octanol–water partition coefficient (Wildman–Crippen LogP) is 3.17. The number of hydrogen-bond donors (Lipinski definition) is 2. The molecule has 5 rings (SSSR count). The number of piperidine rings is 1. The third kappa shape index (κ3) is 4.75. The van der Waals surface area contributed by atoms with Crippen LogP contribution in [0.1, 0.15) is 25.3 Å². The highest BCUT2D eigenvalue weighted by molar-refractivity contribution is 5.73. The summed E-state index contributed by atoms with van der Waals surface area (Å²) in [5.41, 5.74) is 3.08. The number of rotatable bonds is 6. The molecule has 1 unspecified atom stereocenters. The molecule has 2 aliphatic heterocycles. The number of fused-ring (bicyclic) bond motifs is 1. The van der Waals surface area contributed by atoms with Crippen molar-refractivity contribution in [2.45, 2.75) is 38.3 Å². The van der Waals surface area contributed by atoms with Crippen molar-refractivity contribution in [3.8, 4) is 28.6 Å². The van der Waals surface area contributed by atoms with Crippen LogP contribution < -0.4 is 14.8 Å². The zero-order valence-electron chi connectivity index (χ0n) is 18.1. The van der Waals surface area contributed by atoms with Crippen LogP contribution in [-0.4, -0.2) is 57.8 Å². The maximum absolute atomic E-state index is 11.2. The minimum atomic E-state index is 0.0556. The smallest absolute Gasteiger partial charge is 0.219 e. The molecule has 0 bridgehead atoms. The molecule has 32 heavy (non-hydrogen) atoms. The van der Waals surface area contributed by atoms with Crippen LogP contribution in [0.15, 0.2) is 48.8 Å². The number of amides is 1. The summed E-state index contributed by atoms with van der Waals surface area (Å²) in [7, 11) is 0. The van der Waals surface area contributed by atoms with Gasteiger partial charge in [0.1, 0.15) is 17.6 Å². The van der Waals surface area contributed by atoms with Gasteiger partial charge in [0, 0.05) is 69.1 Å². The number of likely N-dealkylation sites (tertiary alicyclic amines) is 1. The maximum atomic E-state index is 11.2. The molecule has 0 spiro atoms. The fraction of sp³-hybridized carbons (Fsp3) is 0.375. The second kappa shape index (κ2) is 9.00. The molecular weight excluding hydrogens is 406 g/mol. The quantitative estimate of drug-likeness (QED) is 0.620. The van der Waals surface area contributed by atoms with Gasteiger partial charge in [0.2, 0.25) is 11.8 Å². The number of nitrogens with one attached hydrogen (secondary N) is 2. The van der Waals surface area contributed by atoms with E-state index >= 15 is 0 Å². The van der Waals surface area contributed by atoms with Crippen LogP contribution in [-0.2, 0) is 11.2 Å². The number of carbonyl (C=O) groups excluding carboxylic acids is 1. The number of benzene rings is 1. The lowest BCUT2D eigenvalue weighted by molar-refractivity contribution is -0.120. The first kappa shape index (κ1) is 20.5. The Balaban J connectivity index is 1.15. The SMILES string of the molecule is CC(=O)NC1CCN(CC2Cc3ccc(Oc4ccc(-c5ccn[nH]5)cn4)cc3O2)CC1. The summed E-state index contributed by atoms with van der Waals surface area (Å²) >= 11 is 0. The Labute approximate surface area is 186 Å². The molecule has 3 aromatic rings. The van der Waals surface area contributed by atoms with Gasteiger partial charge in [-0.3, -0.25) is 14.8 Å². The number of aromatic amines is 1. The van der Waals surface area contributed by atoms with Crippen LogP contribution in [0.2, 0.25) is 0 Å². The number of aromatic nitrogens is 3. The van der Waals surface area contributed by atoms with Crippen molar-refractivity contribution in [3.05, 3.63) is 54.4 Å². The van der Waals surface area contributed by atoms with E-state index in [2.05, 4.69) is 31.5 Å². The van der Waals surface area contributed by atoms with Crippen LogP contribution in [0.4, 0.5) is 0 Å². The molecule has 1 atom stereocenters. The van der Waals surface area contributed by atoms with Crippen LogP contribution in [0.5, 0.6) is 17.4 Å². The average molecular weight is 434 g/mol. The molecule has 8 heteroatoms. The summed E-state index contributed by atoms with van der Waals surface area (Å²) in [6.45, 7) is 4.44. The minimum absolute atomic E-state index is 0.0556. The average Bonchev–Trinajstić information content (AvgIpc) is 3.45. The molecule has 166 valence electrons. The minimum Gasteiger partial charge on any atom is -0.488 e. The van der Waals surface area contributed by atoms with Gasteiger partial charge in [-0.2, -0.15) is 5.10 Å². The summed E-state index contributed by atoms with van der Waals surface area (Å²) in [6.07, 6.45) is 6.50. The van der Waals surface area contributed by atoms with Crippen LogP contribution in [0.25, 0.3) is 11.3 Å². The van der Waals surface area contributed by atoms with Crippen molar-refractivity contribution in [3.63, 3.8) is 0 Å². The van der Waals surface area contributed by atoms with E-state index in [-0.39, 0.29) is 12.0 Å². The van der Waals surface area contributed by atoms with E-state index in [1.165, 1.54) is 5.56 Å². The number of nitrogens with zero attached hydrogens (tertiary/aromatic N) is 3. The Hall–Kier alpha value is -3.39. The third-order valence-corrected chi connectivity index (χ3v) is 6.01. The lowest BCUT2D eigenvalue weighted by Gasteiger charge is -2.33. The molecule has 1 amide bonds. The fourth-order valence-electron chi connectivity index (χ4n) is 4.42. The predicted molar refractivity (Wildman–Crippen MR) is 120 cm³/mol. The number of ether oxygens (including phenoxy) is 2. The third-order valence-electron chi connectivity index (χ3n) is 6.01. The molecule has 0 saturated carbocycles. The number of hydrogen-bond acceptors (Lipinski definition) is 6. The molecule has 1 aromatic carbocycles. The van der Waals surface area contributed by atoms with Crippen molar-refractivity contribution in [1.82, 2.24) is 25.4 Å². The zero-order chi connectivity index (χ0) is 21.9. The van der Waals surface area contributed by atoms with Gasteiger partial charge in [-0.05, 0) is 36.6 Å². The van der Waals surface area contributed by atoms with E-state index in [4.69, 9.17) is 9.47 Å². The molecule has 0 aliphatic carbocycles. The van der Waals surface area contributed by atoms with Gasteiger partial charge >= 0.3 is 0 Å². The molecule has 1 fully saturated rings. The van der Waals surface area contributed by atoms with Crippen molar-refractivity contribution >= 4 is 5.91 Å². The summed E-state index contributed by atoms with van der Waals surface area (Å²) in [5.74, 6) is 2.18. The van der Waals surface area contributed by atoms with E-state index in [0.717, 1.165) is 55.9 Å². The van der Waals surface area contributed by atoms with Gasteiger partial charge < -0.3 is 14.8 Å². The highest BCUT2D eigenvalue weighted by Gasteiger charge is 2.28. The molecule has 2 aliphatic rings. The van der Waals surface area contributed by atoms with Gasteiger partial charge in [-0.1, -0.05) is 6.07 Å². The summed E-state index contributed by atoms with van der Waals surface area (Å²) in [6, 6.07) is 12.0. The Morgan fingerprint density at radius 2 is 2.12 bits per heavy atom. The van der Waals surface area contributed by atoms with Crippen molar-refractivity contribution < 1.29 is 14.3 Å². The largest absolute Gasteiger partial charge is 0.488 e. The second-order valence-corrected chi connectivity index (χ2v) is 8.45. The topological polar surface area (TPSA) is 92.4 Å². The molecule has 0 radical (unpaired) electrons. The van der Waals surface area contributed by atoms with Gasteiger partial charge in [-0.15, -0.1) is 0 Å². The number of pyridine rings is 1. The molecular formula is C24H27N5O3. The highest BCUT2D eigenvalue weighted by Crippen LogP contribution is 2.34. The second-order valence-electron chi connectivity index (χ2n) is 8.45. The monoisotopic (exact) mass is 433 g/mol. The molecule has 2 aromatic heterocycles. The van der Waals surface area contributed by atoms with E-state index < -0.39 is 0 Å². The Bertz CT molecular complexity index is 1060. The van der Waals surface area contributed by atoms with Crippen molar-refractivity contribution in [2.24, 2.45) is 0 Å². The lowest BCUT2D eigenvalue weighted by atomic mass is 10.0. The van der Waals surface area contributed by atoms with E-state index in [9.17, 15) is 4.79 Å². The molecule has 1 saturated heterocycles.